The Labute approximate surface area is 283 Å². The monoisotopic (exact) mass is 626 g/mol. The Kier molecular flexibility index (Phi) is 6.18. The summed E-state index contributed by atoms with van der Waals surface area (Å²) in [7, 11) is 0. The summed E-state index contributed by atoms with van der Waals surface area (Å²) >= 11 is 0. The molecule has 3 nitrogen and oxygen atoms in total. The summed E-state index contributed by atoms with van der Waals surface area (Å²) in [6.07, 6.45) is 0. The van der Waals surface area contributed by atoms with Gasteiger partial charge in [-0.3, -0.25) is 0 Å². The zero-order valence-electron chi connectivity index (χ0n) is 26.6. The topological polar surface area (TPSA) is 21.3 Å². The van der Waals surface area contributed by atoms with Gasteiger partial charge in [-0.05, 0) is 71.6 Å². The molecule has 0 unspecified atom stereocenters. The van der Waals surface area contributed by atoms with Crippen LogP contribution >= 0.6 is 0 Å². The Bertz CT molecular complexity index is 2810. The summed E-state index contributed by atoms with van der Waals surface area (Å²) in [6.45, 7) is 0. The van der Waals surface area contributed by atoms with Crippen LogP contribution < -0.4 is 4.90 Å². The molecule has 0 radical (unpaired) electrons. The van der Waals surface area contributed by atoms with Gasteiger partial charge in [-0.1, -0.05) is 121 Å². The summed E-state index contributed by atoms with van der Waals surface area (Å²) in [4.78, 5) is 2.35. The molecule has 0 spiro atoms. The van der Waals surface area contributed by atoms with Gasteiger partial charge in [0.2, 0.25) is 0 Å². The molecule has 0 aliphatic carbocycles. The summed E-state index contributed by atoms with van der Waals surface area (Å²) < 4.78 is 8.80. The lowest BCUT2D eigenvalue weighted by Gasteiger charge is -2.26. The maximum absolute atomic E-state index is 6.38. The van der Waals surface area contributed by atoms with Crippen LogP contribution in [0.5, 0.6) is 0 Å². The van der Waals surface area contributed by atoms with Gasteiger partial charge >= 0.3 is 0 Å². The highest BCUT2D eigenvalue weighted by molar-refractivity contribution is 6.19. The number of para-hydroxylation sites is 5. The minimum Gasteiger partial charge on any atom is -0.455 e. The molecule has 8 aromatic carbocycles. The van der Waals surface area contributed by atoms with Crippen molar-refractivity contribution in [3.63, 3.8) is 0 Å². The van der Waals surface area contributed by atoms with Gasteiger partial charge < -0.3 is 13.9 Å². The zero-order chi connectivity index (χ0) is 32.3. The molecule has 49 heavy (non-hydrogen) atoms. The normalized spacial score (nSPS) is 11.7. The fourth-order valence-electron chi connectivity index (χ4n) is 7.54. The lowest BCUT2D eigenvalue weighted by Crippen LogP contribution is -2.09. The summed E-state index contributed by atoms with van der Waals surface area (Å²) in [5, 5.41) is 7.20. The van der Waals surface area contributed by atoms with Gasteiger partial charge in [-0.15, -0.1) is 0 Å². The smallest absolute Gasteiger partial charge is 0.143 e. The molecule has 0 fully saturated rings. The fraction of sp³-hybridized carbons (Fsp3) is 0. The van der Waals surface area contributed by atoms with Crippen molar-refractivity contribution in [2.24, 2.45) is 0 Å². The van der Waals surface area contributed by atoms with Crippen molar-refractivity contribution >= 4 is 71.6 Å². The Morgan fingerprint density at radius 3 is 1.92 bits per heavy atom. The van der Waals surface area contributed by atoms with Crippen molar-refractivity contribution in [2.45, 2.75) is 0 Å². The second kappa shape index (κ2) is 11.0. The van der Waals surface area contributed by atoms with Crippen LogP contribution in [0.3, 0.4) is 0 Å². The number of rotatable bonds is 5. The summed E-state index contributed by atoms with van der Waals surface area (Å²) in [5.41, 5.74) is 10.9. The number of benzene rings is 8. The molecule has 2 heterocycles. The number of aromatic nitrogens is 1. The first kappa shape index (κ1) is 27.5. The second-order valence-corrected chi connectivity index (χ2v) is 12.6. The molecule has 0 bridgehead atoms. The molecule has 230 valence electrons. The fourth-order valence-corrected chi connectivity index (χ4v) is 7.54. The first-order valence-corrected chi connectivity index (χ1v) is 16.7. The number of hydrogen-bond donors (Lipinski definition) is 0. The van der Waals surface area contributed by atoms with Crippen molar-refractivity contribution in [3.8, 4) is 16.8 Å². The van der Waals surface area contributed by atoms with Crippen LogP contribution in [0.15, 0.2) is 186 Å². The number of nitrogens with zero attached hydrogens (tertiary/aromatic N) is 2. The molecular formula is C46H30N2O. The van der Waals surface area contributed by atoms with Crippen LogP contribution in [0.25, 0.3) is 71.3 Å². The number of fused-ring (bicyclic) bond motifs is 8. The predicted octanol–water partition coefficient (Wildman–Crippen LogP) is 13.0. The first-order chi connectivity index (χ1) is 24.3. The lowest BCUT2D eigenvalue weighted by atomic mass is 10.0. The van der Waals surface area contributed by atoms with Crippen LogP contribution in [-0.2, 0) is 0 Å². The quantitative estimate of drug-likeness (QED) is 0.190. The molecule has 0 amide bonds. The van der Waals surface area contributed by atoms with Crippen molar-refractivity contribution in [2.75, 3.05) is 4.90 Å². The van der Waals surface area contributed by atoms with Gasteiger partial charge in [0, 0.05) is 55.2 Å². The average Bonchev–Trinajstić information content (AvgIpc) is 3.72. The van der Waals surface area contributed by atoms with E-state index in [0.717, 1.165) is 55.8 Å². The molecule has 0 aliphatic rings. The Balaban J connectivity index is 1.16. The highest BCUT2D eigenvalue weighted by Gasteiger charge is 2.18. The van der Waals surface area contributed by atoms with E-state index < -0.39 is 0 Å². The van der Waals surface area contributed by atoms with Crippen LogP contribution in [0.2, 0.25) is 0 Å². The van der Waals surface area contributed by atoms with Crippen LogP contribution in [0.4, 0.5) is 17.1 Å². The molecular weight excluding hydrogens is 597 g/mol. The number of furan rings is 1. The Hall–Kier alpha value is -6.58. The Morgan fingerprint density at radius 2 is 1.08 bits per heavy atom. The van der Waals surface area contributed by atoms with E-state index >= 15 is 0 Å². The van der Waals surface area contributed by atoms with Gasteiger partial charge in [0.1, 0.15) is 11.2 Å². The molecule has 3 heteroatoms. The third-order valence-electron chi connectivity index (χ3n) is 9.76. The molecule has 2 aromatic heterocycles. The molecule has 0 atom stereocenters. The maximum Gasteiger partial charge on any atom is 0.143 e. The van der Waals surface area contributed by atoms with Crippen molar-refractivity contribution < 1.29 is 4.42 Å². The van der Waals surface area contributed by atoms with E-state index in [9.17, 15) is 0 Å². The molecule has 0 aliphatic heterocycles. The second-order valence-electron chi connectivity index (χ2n) is 12.6. The van der Waals surface area contributed by atoms with Crippen LogP contribution in [0, 0.1) is 0 Å². The summed E-state index contributed by atoms with van der Waals surface area (Å²) in [6, 6.07) is 64.9. The third-order valence-corrected chi connectivity index (χ3v) is 9.76. The van der Waals surface area contributed by atoms with E-state index in [1.165, 1.54) is 32.6 Å². The standard InChI is InChI=1S/C46H30N2O/c1-3-12-33(13-4-1)47(35-26-22-31(23-27-35)37-18-11-19-41-39-17-8-10-21-44(39)49-46(37)41)36-28-24-32-25-29-40-38-16-7-9-20-43(38)48(45(40)42(32)30-36)34-14-5-2-6-15-34/h1-30H. The van der Waals surface area contributed by atoms with E-state index in [4.69, 9.17) is 4.42 Å². The molecule has 0 N–H and O–H groups in total. The molecule has 10 rings (SSSR count). The minimum atomic E-state index is 0.911. The molecule has 0 saturated heterocycles. The SMILES string of the molecule is c1ccc(N(c2ccc(-c3cccc4c3oc3ccccc34)cc2)c2ccc3ccc4c5ccccc5n(-c5ccccc5)c4c3c2)cc1. The summed E-state index contributed by atoms with van der Waals surface area (Å²) in [5.74, 6) is 0. The van der Waals surface area contributed by atoms with E-state index in [0.29, 0.717) is 0 Å². The Morgan fingerprint density at radius 1 is 0.429 bits per heavy atom. The van der Waals surface area contributed by atoms with Crippen molar-refractivity contribution in [3.05, 3.63) is 182 Å². The van der Waals surface area contributed by atoms with Crippen molar-refractivity contribution in [1.82, 2.24) is 4.57 Å². The number of anilines is 3. The highest BCUT2D eigenvalue weighted by atomic mass is 16.3. The minimum absolute atomic E-state index is 0.911. The maximum atomic E-state index is 6.38. The van der Waals surface area contributed by atoms with Crippen LogP contribution in [0.1, 0.15) is 0 Å². The average molecular weight is 627 g/mol. The first-order valence-electron chi connectivity index (χ1n) is 16.7. The van der Waals surface area contributed by atoms with Gasteiger partial charge in [0.25, 0.3) is 0 Å². The number of hydrogen-bond acceptors (Lipinski definition) is 2. The van der Waals surface area contributed by atoms with Crippen LogP contribution in [-0.4, -0.2) is 4.57 Å². The third kappa shape index (κ3) is 4.37. The van der Waals surface area contributed by atoms with Gasteiger partial charge in [0.05, 0.1) is 11.0 Å². The molecule has 0 saturated carbocycles. The largest absolute Gasteiger partial charge is 0.455 e. The zero-order valence-corrected chi connectivity index (χ0v) is 26.6. The van der Waals surface area contributed by atoms with E-state index in [1.54, 1.807) is 0 Å². The molecule has 10 aromatic rings. The van der Waals surface area contributed by atoms with E-state index in [-0.39, 0.29) is 0 Å². The predicted molar refractivity (Wildman–Crippen MR) is 206 cm³/mol. The van der Waals surface area contributed by atoms with Gasteiger partial charge in [-0.25, -0.2) is 0 Å². The highest BCUT2D eigenvalue weighted by Crippen LogP contribution is 2.42. The van der Waals surface area contributed by atoms with Gasteiger partial charge in [-0.2, -0.15) is 0 Å². The van der Waals surface area contributed by atoms with E-state index in [2.05, 4.69) is 179 Å². The van der Waals surface area contributed by atoms with Gasteiger partial charge in [0.15, 0.2) is 0 Å². The van der Waals surface area contributed by atoms with Crippen molar-refractivity contribution in [1.29, 1.82) is 0 Å². The van der Waals surface area contributed by atoms with E-state index in [1.807, 2.05) is 12.1 Å². The lowest BCUT2D eigenvalue weighted by molar-refractivity contribution is 0.670.